The first-order valence-corrected chi connectivity index (χ1v) is 15.0. The minimum atomic E-state index is -0.545. The number of hydrogen-bond donors (Lipinski definition) is 0. The third kappa shape index (κ3) is 3.51. The van der Waals surface area contributed by atoms with Gasteiger partial charge in [-0.25, -0.2) is 0 Å². The van der Waals surface area contributed by atoms with Gasteiger partial charge in [0.25, 0.3) is 0 Å². The third-order valence-electron chi connectivity index (χ3n) is 13.2. The van der Waals surface area contributed by atoms with Crippen LogP contribution in [-0.4, -0.2) is 30.9 Å². The van der Waals surface area contributed by atoms with E-state index < -0.39 is 5.41 Å². The number of ether oxygens (including phenoxy) is 2. The fourth-order valence-corrected chi connectivity index (χ4v) is 11.0. The van der Waals surface area contributed by atoms with Gasteiger partial charge in [-0.2, -0.15) is 0 Å². The van der Waals surface area contributed by atoms with Gasteiger partial charge in [0, 0.05) is 18.3 Å². The lowest BCUT2D eigenvalue weighted by Gasteiger charge is -2.70. The lowest BCUT2D eigenvalue weighted by molar-refractivity contribution is -0.197. The molecule has 0 bridgehead atoms. The van der Waals surface area contributed by atoms with Crippen LogP contribution in [0.15, 0.2) is 11.6 Å². The highest BCUT2D eigenvalue weighted by Gasteiger charge is 2.71. The first-order chi connectivity index (χ1) is 17.5. The van der Waals surface area contributed by atoms with E-state index in [1.807, 2.05) is 0 Å². The highest BCUT2D eigenvalue weighted by atomic mass is 16.5. The van der Waals surface area contributed by atoms with Crippen molar-refractivity contribution in [2.75, 3.05) is 7.11 Å². The topological polar surface area (TPSA) is 69.7 Å². The quantitative estimate of drug-likeness (QED) is 0.360. The lowest BCUT2D eigenvalue weighted by Crippen LogP contribution is -2.66. The van der Waals surface area contributed by atoms with Crippen LogP contribution < -0.4 is 0 Å². The zero-order valence-electron chi connectivity index (χ0n) is 25.3. The second kappa shape index (κ2) is 8.43. The fraction of sp³-hybridized carbons (Fsp3) is 0.848. The van der Waals surface area contributed by atoms with Gasteiger partial charge in [-0.05, 0) is 97.4 Å². The first-order valence-electron chi connectivity index (χ1n) is 15.0. The zero-order valence-corrected chi connectivity index (χ0v) is 25.3. The van der Waals surface area contributed by atoms with E-state index in [2.05, 4.69) is 54.5 Å². The Morgan fingerprint density at radius 2 is 1.55 bits per heavy atom. The van der Waals surface area contributed by atoms with E-state index in [-0.39, 0.29) is 62.7 Å². The molecule has 4 saturated carbocycles. The first kappa shape index (κ1) is 27.9. The van der Waals surface area contributed by atoms with Crippen LogP contribution in [-0.2, 0) is 23.9 Å². The standard InChI is InChI=1S/C33H50O5/c1-20(34)38-25-11-12-30(6)23(29(25,4)5)10-13-31(7)24(30)18-22(35)26-21-19-28(2,3)14-16-33(21,27(36)37-9)17-15-32(26,31)8/h18,21,23,25-26H,10-17,19H2,1-9H3. The smallest absolute Gasteiger partial charge is 0.312 e. The second-order valence-electron chi connectivity index (χ2n) is 15.8. The Balaban J connectivity index is 1.60. The number of ketones is 1. The maximum Gasteiger partial charge on any atom is 0.312 e. The summed E-state index contributed by atoms with van der Waals surface area (Å²) in [6, 6.07) is 0. The molecule has 5 aliphatic rings. The van der Waals surface area contributed by atoms with E-state index in [9.17, 15) is 14.4 Å². The van der Waals surface area contributed by atoms with Crippen molar-refractivity contribution in [1.82, 2.24) is 0 Å². The average molecular weight is 527 g/mol. The summed E-state index contributed by atoms with van der Waals surface area (Å²) in [7, 11) is 1.51. The molecular formula is C33H50O5. The van der Waals surface area contributed by atoms with Gasteiger partial charge < -0.3 is 9.47 Å². The van der Waals surface area contributed by atoms with Gasteiger partial charge in [-0.1, -0.05) is 54.0 Å². The maximum atomic E-state index is 14.4. The van der Waals surface area contributed by atoms with Crippen molar-refractivity contribution in [2.45, 2.75) is 119 Å². The number of carbonyl (C=O) groups excluding carboxylic acids is 3. The largest absolute Gasteiger partial charge is 0.469 e. The monoisotopic (exact) mass is 526 g/mol. The fourth-order valence-electron chi connectivity index (χ4n) is 11.0. The predicted molar refractivity (Wildman–Crippen MR) is 147 cm³/mol. The van der Waals surface area contributed by atoms with Gasteiger partial charge in [0.2, 0.25) is 0 Å². The molecule has 0 aromatic rings. The van der Waals surface area contributed by atoms with Gasteiger partial charge in [0.15, 0.2) is 5.78 Å². The van der Waals surface area contributed by atoms with Crippen LogP contribution >= 0.6 is 0 Å². The number of methoxy groups -OCH3 is 1. The number of fused-ring (bicyclic) bond motifs is 7. The highest BCUT2D eigenvalue weighted by molar-refractivity contribution is 5.96. The molecule has 212 valence electrons. The summed E-state index contributed by atoms with van der Waals surface area (Å²) in [6.07, 6.45) is 10.2. The minimum Gasteiger partial charge on any atom is -0.469 e. The van der Waals surface area contributed by atoms with Crippen molar-refractivity contribution in [3.8, 4) is 0 Å². The zero-order chi connectivity index (χ0) is 28.1. The minimum absolute atomic E-state index is 0.0150. The molecular weight excluding hydrogens is 476 g/mol. The number of allylic oxidation sites excluding steroid dienone is 2. The van der Waals surface area contributed by atoms with Crippen molar-refractivity contribution in [2.24, 2.45) is 50.2 Å². The summed E-state index contributed by atoms with van der Waals surface area (Å²) in [5.74, 6) is 0.120. The van der Waals surface area contributed by atoms with Crippen LogP contribution in [0.25, 0.3) is 0 Å². The van der Waals surface area contributed by atoms with Crippen LogP contribution in [0.2, 0.25) is 0 Å². The molecule has 0 amide bonds. The van der Waals surface area contributed by atoms with Crippen LogP contribution in [0.1, 0.15) is 113 Å². The highest BCUT2D eigenvalue weighted by Crippen LogP contribution is 2.75. The number of esters is 2. The summed E-state index contributed by atoms with van der Waals surface area (Å²) < 4.78 is 11.3. The molecule has 0 aliphatic heterocycles. The predicted octanol–water partition coefficient (Wildman–Crippen LogP) is 7.07. The Labute approximate surface area is 229 Å². The van der Waals surface area contributed by atoms with Gasteiger partial charge >= 0.3 is 11.9 Å². The molecule has 5 heteroatoms. The molecule has 0 N–H and O–H groups in total. The molecule has 8 atom stereocenters. The molecule has 0 aromatic carbocycles. The summed E-state index contributed by atoms with van der Waals surface area (Å²) in [5.41, 5.74) is 0.312. The Kier molecular flexibility index (Phi) is 6.19. The molecule has 0 saturated heterocycles. The van der Waals surface area contributed by atoms with Gasteiger partial charge in [-0.15, -0.1) is 0 Å². The number of rotatable bonds is 2. The lowest BCUT2D eigenvalue weighted by atomic mass is 9.34. The van der Waals surface area contributed by atoms with Crippen molar-refractivity contribution >= 4 is 17.7 Å². The molecule has 4 fully saturated rings. The molecule has 38 heavy (non-hydrogen) atoms. The number of hydrogen-bond acceptors (Lipinski definition) is 5. The van der Waals surface area contributed by atoms with E-state index in [0.717, 1.165) is 57.8 Å². The second-order valence-corrected chi connectivity index (χ2v) is 15.8. The Morgan fingerprint density at radius 3 is 2.18 bits per heavy atom. The molecule has 0 heterocycles. The molecule has 5 rings (SSSR count). The molecule has 5 aliphatic carbocycles. The summed E-state index contributed by atoms with van der Waals surface area (Å²) in [6.45, 7) is 17.8. The SMILES string of the molecule is COC(=O)C12CCC(C)(C)CC1C1C(=O)C=C3C4(C)CCC(OC(C)=O)C(C)(C)C4CCC3(C)C1(C)CC2. The van der Waals surface area contributed by atoms with Crippen LogP contribution in [0.5, 0.6) is 0 Å². The number of carbonyl (C=O) groups is 3. The van der Waals surface area contributed by atoms with Crippen molar-refractivity contribution < 1.29 is 23.9 Å². The maximum absolute atomic E-state index is 14.4. The Hall–Kier alpha value is -1.65. The van der Waals surface area contributed by atoms with E-state index in [4.69, 9.17) is 9.47 Å². The molecule has 5 nitrogen and oxygen atoms in total. The Morgan fingerprint density at radius 1 is 0.895 bits per heavy atom. The Bertz CT molecular complexity index is 1080. The van der Waals surface area contributed by atoms with Crippen molar-refractivity contribution in [1.29, 1.82) is 0 Å². The van der Waals surface area contributed by atoms with E-state index in [1.165, 1.54) is 19.6 Å². The van der Waals surface area contributed by atoms with Crippen LogP contribution in [0, 0.1) is 50.2 Å². The van der Waals surface area contributed by atoms with Gasteiger partial charge in [-0.3, -0.25) is 14.4 Å². The molecule has 8 unspecified atom stereocenters. The molecule has 0 radical (unpaired) electrons. The molecule has 0 spiro atoms. The van der Waals surface area contributed by atoms with E-state index in [1.54, 1.807) is 0 Å². The third-order valence-corrected chi connectivity index (χ3v) is 13.2. The van der Waals surface area contributed by atoms with Crippen molar-refractivity contribution in [3.63, 3.8) is 0 Å². The summed E-state index contributed by atoms with van der Waals surface area (Å²) in [4.78, 5) is 39.8. The average Bonchev–Trinajstić information content (AvgIpc) is 2.81. The van der Waals surface area contributed by atoms with Crippen LogP contribution in [0.3, 0.4) is 0 Å². The molecule has 0 aromatic heterocycles. The summed E-state index contributed by atoms with van der Waals surface area (Å²) in [5, 5.41) is 0. The van der Waals surface area contributed by atoms with E-state index >= 15 is 0 Å². The van der Waals surface area contributed by atoms with E-state index in [0.29, 0.717) is 5.92 Å². The normalized spacial score (nSPS) is 46.9. The van der Waals surface area contributed by atoms with Crippen molar-refractivity contribution in [3.05, 3.63) is 11.6 Å². The van der Waals surface area contributed by atoms with Gasteiger partial charge in [0.1, 0.15) is 6.10 Å². The summed E-state index contributed by atoms with van der Waals surface area (Å²) >= 11 is 0. The van der Waals surface area contributed by atoms with Crippen LogP contribution in [0.4, 0.5) is 0 Å². The van der Waals surface area contributed by atoms with Gasteiger partial charge in [0.05, 0.1) is 12.5 Å².